The lowest BCUT2D eigenvalue weighted by atomic mass is 10.1. The fourth-order valence-electron chi connectivity index (χ4n) is 2.90. The van der Waals surface area contributed by atoms with Crippen molar-refractivity contribution >= 4 is 23.4 Å². The average molecular weight is 316 g/mol. The van der Waals surface area contributed by atoms with E-state index in [9.17, 15) is 9.59 Å². The van der Waals surface area contributed by atoms with E-state index >= 15 is 0 Å². The van der Waals surface area contributed by atoms with E-state index in [0.29, 0.717) is 37.4 Å². The monoisotopic (exact) mass is 316 g/mol. The average Bonchev–Trinajstić information content (AvgIpc) is 3.04. The Morgan fingerprint density at radius 1 is 1.39 bits per heavy atom. The highest BCUT2D eigenvalue weighted by Gasteiger charge is 2.34. The molecule has 3 rings (SSSR count). The van der Waals surface area contributed by atoms with Gasteiger partial charge in [0.05, 0.1) is 13.0 Å². The molecule has 4 N–H and O–H groups in total. The van der Waals surface area contributed by atoms with Gasteiger partial charge in [-0.25, -0.2) is 4.79 Å². The number of hydrogen-bond acceptors (Lipinski definition) is 5. The number of carbonyl (C=O) groups excluding carboxylic acids is 2. The first-order chi connectivity index (χ1) is 11.0. The lowest BCUT2D eigenvalue weighted by Gasteiger charge is -2.18. The highest BCUT2D eigenvalue weighted by atomic mass is 16.6. The number of fused-ring (bicyclic) bond motifs is 1. The van der Waals surface area contributed by atoms with E-state index in [2.05, 4.69) is 6.58 Å². The third kappa shape index (κ3) is 2.75. The Morgan fingerprint density at radius 2 is 2.17 bits per heavy atom. The molecule has 2 heterocycles. The largest absolute Gasteiger partial charge is 0.438 e. The van der Waals surface area contributed by atoms with E-state index in [4.69, 9.17) is 16.2 Å². The number of nitrogens with zero attached hydrogens (tertiary/aromatic N) is 2. The van der Waals surface area contributed by atoms with Crippen molar-refractivity contribution in [2.45, 2.75) is 18.9 Å². The summed E-state index contributed by atoms with van der Waals surface area (Å²) in [7, 11) is 0. The topological polar surface area (TPSA) is 102 Å². The summed E-state index contributed by atoms with van der Waals surface area (Å²) in [5.74, 6) is 0.0582. The van der Waals surface area contributed by atoms with Crippen molar-refractivity contribution in [1.82, 2.24) is 0 Å². The summed E-state index contributed by atoms with van der Waals surface area (Å²) >= 11 is 0. The molecule has 0 saturated carbocycles. The smallest absolute Gasteiger partial charge is 0.415 e. The summed E-state index contributed by atoms with van der Waals surface area (Å²) in [4.78, 5) is 27.4. The first kappa shape index (κ1) is 15.4. The second kappa shape index (κ2) is 5.92. The van der Waals surface area contributed by atoms with E-state index in [1.54, 1.807) is 4.90 Å². The van der Waals surface area contributed by atoms with E-state index in [1.807, 2.05) is 18.2 Å². The number of cyclic esters (lactones) is 1. The lowest BCUT2D eigenvalue weighted by Crippen LogP contribution is -2.29. The molecule has 0 aliphatic carbocycles. The maximum absolute atomic E-state index is 12.1. The number of carbonyl (C=O) groups is 2. The van der Waals surface area contributed by atoms with Crippen LogP contribution >= 0.6 is 0 Å². The van der Waals surface area contributed by atoms with Crippen LogP contribution < -0.4 is 21.3 Å². The molecule has 122 valence electrons. The molecule has 0 unspecified atom stereocenters. The standard InChI is InChI=1S/C16H20N4O3/c1-10(18)14-9-20(16(22)23-14)12-3-4-13-11(7-12)8-15(21)19(13)6-2-5-17/h3-4,7,14H,1-2,5-6,8-9,17-18H2/t14-/m1/s1. The zero-order valence-electron chi connectivity index (χ0n) is 12.8. The minimum absolute atomic E-state index is 0.0582. The quantitative estimate of drug-likeness (QED) is 0.833. The van der Waals surface area contributed by atoms with Crippen molar-refractivity contribution < 1.29 is 14.3 Å². The molecule has 0 spiro atoms. The van der Waals surface area contributed by atoms with Crippen LogP contribution in [0.2, 0.25) is 0 Å². The Bertz CT molecular complexity index is 673. The maximum Gasteiger partial charge on any atom is 0.415 e. The lowest BCUT2D eigenvalue weighted by molar-refractivity contribution is -0.117. The molecule has 0 radical (unpaired) electrons. The SMILES string of the molecule is C=C(N)[C@H]1CN(c2ccc3c(c2)CC(=O)N3CCCN)C(=O)O1. The molecule has 1 fully saturated rings. The third-order valence-corrected chi connectivity index (χ3v) is 4.12. The summed E-state index contributed by atoms with van der Waals surface area (Å²) in [5, 5.41) is 0. The number of ether oxygens (including phenoxy) is 1. The molecule has 1 atom stereocenters. The molecule has 1 aromatic rings. The number of amides is 2. The summed E-state index contributed by atoms with van der Waals surface area (Å²) in [6.07, 6.45) is 0.138. The molecule has 2 aliphatic rings. The van der Waals surface area contributed by atoms with Gasteiger partial charge in [-0.05, 0) is 36.7 Å². The molecule has 1 saturated heterocycles. The summed E-state index contributed by atoms with van der Waals surface area (Å²) in [5.41, 5.74) is 14.0. The zero-order chi connectivity index (χ0) is 16.6. The van der Waals surface area contributed by atoms with Crippen LogP contribution in [0.4, 0.5) is 16.2 Å². The number of rotatable bonds is 5. The summed E-state index contributed by atoms with van der Waals surface area (Å²) in [6, 6.07) is 5.54. The van der Waals surface area contributed by atoms with Crippen LogP contribution in [0.15, 0.2) is 30.5 Å². The van der Waals surface area contributed by atoms with Crippen LogP contribution in [0.5, 0.6) is 0 Å². The highest BCUT2D eigenvalue weighted by Crippen LogP contribution is 2.34. The molecule has 0 aromatic heterocycles. The Balaban J connectivity index is 1.83. The fraction of sp³-hybridized carbons (Fsp3) is 0.375. The summed E-state index contributed by atoms with van der Waals surface area (Å²) < 4.78 is 5.18. The second-order valence-corrected chi connectivity index (χ2v) is 5.74. The van der Waals surface area contributed by atoms with Crippen LogP contribution in [0.3, 0.4) is 0 Å². The van der Waals surface area contributed by atoms with Crippen LogP contribution in [0, 0.1) is 0 Å². The first-order valence-electron chi connectivity index (χ1n) is 7.57. The van der Waals surface area contributed by atoms with E-state index in [1.165, 1.54) is 4.90 Å². The van der Waals surface area contributed by atoms with Crippen molar-refractivity contribution in [2.24, 2.45) is 11.5 Å². The number of benzene rings is 1. The van der Waals surface area contributed by atoms with E-state index < -0.39 is 12.2 Å². The minimum atomic E-state index is -0.501. The molecule has 2 aliphatic heterocycles. The van der Waals surface area contributed by atoms with Crippen LogP contribution in [-0.4, -0.2) is 37.7 Å². The number of anilines is 2. The van der Waals surface area contributed by atoms with Gasteiger partial charge >= 0.3 is 6.09 Å². The number of nitrogens with two attached hydrogens (primary N) is 2. The molecule has 7 heteroatoms. The van der Waals surface area contributed by atoms with Crippen LogP contribution in [0.25, 0.3) is 0 Å². The van der Waals surface area contributed by atoms with Gasteiger partial charge in [0.15, 0.2) is 6.10 Å². The van der Waals surface area contributed by atoms with Crippen molar-refractivity contribution in [3.8, 4) is 0 Å². The minimum Gasteiger partial charge on any atom is -0.438 e. The van der Waals surface area contributed by atoms with Gasteiger partial charge in [0.25, 0.3) is 0 Å². The predicted octanol–water partition coefficient (Wildman–Crippen LogP) is 0.722. The van der Waals surface area contributed by atoms with Gasteiger partial charge in [-0.2, -0.15) is 0 Å². The van der Waals surface area contributed by atoms with Crippen molar-refractivity contribution in [2.75, 3.05) is 29.4 Å². The molecule has 1 aromatic carbocycles. The van der Waals surface area contributed by atoms with Gasteiger partial charge < -0.3 is 21.1 Å². The molecular weight excluding hydrogens is 296 g/mol. The molecule has 7 nitrogen and oxygen atoms in total. The third-order valence-electron chi connectivity index (χ3n) is 4.12. The van der Waals surface area contributed by atoms with Gasteiger partial charge in [0.1, 0.15) is 0 Å². The van der Waals surface area contributed by atoms with Crippen LogP contribution in [0.1, 0.15) is 12.0 Å². The van der Waals surface area contributed by atoms with Gasteiger partial charge in [-0.15, -0.1) is 0 Å². The van der Waals surface area contributed by atoms with Gasteiger partial charge in [-0.1, -0.05) is 6.58 Å². The second-order valence-electron chi connectivity index (χ2n) is 5.74. The molecule has 23 heavy (non-hydrogen) atoms. The fourth-order valence-corrected chi connectivity index (χ4v) is 2.90. The van der Waals surface area contributed by atoms with E-state index in [-0.39, 0.29) is 5.91 Å². The highest BCUT2D eigenvalue weighted by molar-refractivity contribution is 6.02. The Morgan fingerprint density at radius 3 is 2.83 bits per heavy atom. The van der Waals surface area contributed by atoms with Gasteiger partial charge in [0, 0.05) is 23.6 Å². The first-order valence-corrected chi connectivity index (χ1v) is 7.57. The Labute approximate surface area is 134 Å². The summed E-state index contributed by atoms with van der Waals surface area (Å²) in [6.45, 7) is 5.11. The van der Waals surface area contributed by atoms with Crippen molar-refractivity contribution in [1.29, 1.82) is 0 Å². The molecule has 2 amide bonds. The van der Waals surface area contributed by atoms with E-state index in [0.717, 1.165) is 17.7 Å². The Kier molecular flexibility index (Phi) is 3.96. The zero-order valence-corrected chi connectivity index (χ0v) is 12.8. The molecular formula is C16H20N4O3. The van der Waals surface area contributed by atoms with Gasteiger partial charge in [-0.3, -0.25) is 9.69 Å². The van der Waals surface area contributed by atoms with Crippen molar-refractivity contribution in [3.63, 3.8) is 0 Å². The van der Waals surface area contributed by atoms with Crippen molar-refractivity contribution in [3.05, 3.63) is 36.0 Å². The normalized spacial score (nSPS) is 20.0. The predicted molar refractivity (Wildman–Crippen MR) is 87.1 cm³/mol. The molecule has 0 bridgehead atoms. The van der Waals surface area contributed by atoms with Gasteiger partial charge in [0.2, 0.25) is 5.91 Å². The number of hydrogen-bond donors (Lipinski definition) is 2. The van der Waals surface area contributed by atoms with Crippen LogP contribution in [-0.2, 0) is 16.0 Å². The maximum atomic E-state index is 12.1. The Hall–Kier alpha value is -2.54.